The van der Waals surface area contributed by atoms with Crippen LogP contribution in [0.4, 0.5) is 5.95 Å². The summed E-state index contributed by atoms with van der Waals surface area (Å²) in [5, 5.41) is 3.71. The first-order chi connectivity index (χ1) is 10.9. The van der Waals surface area contributed by atoms with Gasteiger partial charge in [-0.3, -0.25) is 4.90 Å². The SMILES string of the molecule is c1cnc(N2CCN(Cc3csc4ccccc34)CC2)nc1. The highest BCUT2D eigenvalue weighted by Gasteiger charge is 2.19. The van der Waals surface area contributed by atoms with Gasteiger partial charge in [0.1, 0.15) is 0 Å². The summed E-state index contributed by atoms with van der Waals surface area (Å²) >= 11 is 1.84. The van der Waals surface area contributed by atoms with Crippen molar-refractivity contribution in [1.29, 1.82) is 0 Å². The Bertz CT molecular complexity index is 747. The van der Waals surface area contributed by atoms with Crippen LogP contribution < -0.4 is 4.90 Å². The number of fused-ring (bicyclic) bond motifs is 1. The van der Waals surface area contributed by atoms with E-state index in [4.69, 9.17) is 0 Å². The summed E-state index contributed by atoms with van der Waals surface area (Å²) in [6, 6.07) is 10.5. The van der Waals surface area contributed by atoms with Crippen LogP contribution in [-0.2, 0) is 6.54 Å². The van der Waals surface area contributed by atoms with Gasteiger partial charge in [0, 0.05) is 49.8 Å². The van der Waals surface area contributed by atoms with Crippen LogP contribution in [0.5, 0.6) is 0 Å². The molecule has 0 N–H and O–H groups in total. The summed E-state index contributed by atoms with van der Waals surface area (Å²) in [6.07, 6.45) is 3.62. The lowest BCUT2D eigenvalue weighted by Gasteiger charge is -2.34. The van der Waals surface area contributed by atoms with Crippen LogP contribution in [-0.4, -0.2) is 41.0 Å². The zero-order valence-electron chi connectivity index (χ0n) is 12.4. The lowest BCUT2D eigenvalue weighted by atomic mass is 10.1. The molecule has 1 aromatic carbocycles. The molecule has 3 heterocycles. The first-order valence-electron chi connectivity index (χ1n) is 7.59. The summed E-state index contributed by atoms with van der Waals surface area (Å²) in [4.78, 5) is 13.5. The molecule has 0 aliphatic carbocycles. The molecule has 0 unspecified atom stereocenters. The summed E-state index contributed by atoms with van der Waals surface area (Å²) in [5.74, 6) is 0.850. The maximum absolute atomic E-state index is 4.34. The molecule has 4 nitrogen and oxygen atoms in total. The van der Waals surface area contributed by atoms with Crippen molar-refractivity contribution in [3.05, 3.63) is 53.7 Å². The van der Waals surface area contributed by atoms with Crippen LogP contribution in [0.25, 0.3) is 10.1 Å². The highest BCUT2D eigenvalue weighted by atomic mass is 32.1. The average Bonchev–Trinajstić information content (AvgIpc) is 3.00. The van der Waals surface area contributed by atoms with Gasteiger partial charge in [0.15, 0.2) is 0 Å². The first-order valence-corrected chi connectivity index (χ1v) is 8.47. The van der Waals surface area contributed by atoms with Crippen molar-refractivity contribution >= 4 is 27.4 Å². The smallest absolute Gasteiger partial charge is 0.225 e. The zero-order chi connectivity index (χ0) is 14.8. The van der Waals surface area contributed by atoms with Crippen molar-refractivity contribution in [2.24, 2.45) is 0 Å². The van der Waals surface area contributed by atoms with Gasteiger partial charge in [0.2, 0.25) is 5.95 Å². The molecule has 1 aliphatic rings. The average molecular weight is 310 g/mol. The molecule has 0 saturated carbocycles. The number of rotatable bonds is 3. The van der Waals surface area contributed by atoms with Gasteiger partial charge in [0.25, 0.3) is 0 Å². The van der Waals surface area contributed by atoms with Crippen molar-refractivity contribution in [3.8, 4) is 0 Å². The normalized spacial score (nSPS) is 16.3. The van der Waals surface area contributed by atoms with E-state index in [0.29, 0.717) is 0 Å². The standard InChI is InChI=1S/C17H18N4S/c1-2-5-16-15(4-1)14(13-22-16)12-20-8-10-21(11-9-20)17-18-6-3-7-19-17/h1-7,13H,8-12H2. The third-order valence-electron chi connectivity index (χ3n) is 4.16. The summed E-state index contributed by atoms with van der Waals surface area (Å²) < 4.78 is 1.38. The number of hydrogen-bond donors (Lipinski definition) is 0. The third kappa shape index (κ3) is 2.69. The van der Waals surface area contributed by atoms with Crippen LogP contribution in [0.3, 0.4) is 0 Å². The molecule has 22 heavy (non-hydrogen) atoms. The Balaban J connectivity index is 1.42. The Hall–Kier alpha value is -1.98. The van der Waals surface area contributed by atoms with Crippen molar-refractivity contribution < 1.29 is 0 Å². The topological polar surface area (TPSA) is 32.3 Å². The van der Waals surface area contributed by atoms with E-state index in [2.05, 4.69) is 49.4 Å². The first kappa shape index (κ1) is 13.7. The Morgan fingerprint density at radius 1 is 0.955 bits per heavy atom. The molecular weight excluding hydrogens is 292 g/mol. The van der Waals surface area contributed by atoms with Gasteiger partial charge in [0.05, 0.1) is 0 Å². The van der Waals surface area contributed by atoms with Crippen LogP contribution in [0.1, 0.15) is 5.56 Å². The maximum atomic E-state index is 4.34. The molecule has 112 valence electrons. The second-order valence-electron chi connectivity index (χ2n) is 5.57. The van der Waals surface area contributed by atoms with Crippen molar-refractivity contribution in [3.63, 3.8) is 0 Å². The molecule has 1 fully saturated rings. The quantitative estimate of drug-likeness (QED) is 0.744. The fraction of sp³-hybridized carbons (Fsp3) is 0.294. The lowest BCUT2D eigenvalue weighted by Crippen LogP contribution is -2.46. The minimum Gasteiger partial charge on any atom is -0.338 e. The molecule has 1 aliphatic heterocycles. The maximum Gasteiger partial charge on any atom is 0.225 e. The van der Waals surface area contributed by atoms with Gasteiger partial charge in [-0.05, 0) is 28.5 Å². The third-order valence-corrected chi connectivity index (χ3v) is 5.17. The minimum absolute atomic E-state index is 0.850. The molecule has 4 rings (SSSR count). The highest BCUT2D eigenvalue weighted by Crippen LogP contribution is 2.27. The number of thiophene rings is 1. The second-order valence-corrected chi connectivity index (χ2v) is 6.48. The molecule has 0 atom stereocenters. The van der Waals surface area contributed by atoms with Crippen molar-refractivity contribution in [2.45, 2.75) is 6.54 Å². The van der Waals surface area contributed by atoms with Gasteiger partial charge >= 0.3 is 0 Å². The fourth-order valence-electron chi connectivity index (χ4n) is 2.96. The second kappa shape index (κ2) is 6.02. The van der Waals surface area contributed by atoms with E-state index >= 15 is 0 Å². The van der Waals surface area contributed by atoms with Gasteiger partial charge in [-0.25, -0.2) is 9.97 Å². The van der Waals surface area contributed by atoms with E-state index < -0.39 is 0 Å². The molecule has 0 spiro atoms. The van der Waals surface area contributed by atoms with Gasteiger partial charge in [-0.15, -0.1) is 11.3 Å². The lowest BCUT2D eigenvalue weighted by molar-refractivity contribution is 0.250. The largest absolute Gasteiger partial charge is 0.338 e. The van der Waals surface area contributed by atoms with Crippen LogP contribution in [0.2, 0.25) is 0 Å². The summed E-state index contributed by atoms with van der Waals surface area (Å²) in [7, 11) is 0. The predicted octanol–water partition coefficient (Wildman–Crippen LogP) is 3.01. The van der Waals surface area contributed by atoms with Crippen molar-refractivity contribution in [2.75, 3.05) is 31.1 Å². The monoisotopic (exact) mass is 310 g/mol. The van der Waals surface area contributed by atoms with Gasteiger partial charge in [-0.1, -0.05) is 18.2 Å². The molecule has 3 aromatic rings. The van der Waals surface area contributed by atoms with Gasteiger partial charge < -0.3 is 4.90 Å². The van der Waals surface area contributed by atoms with Crippen LogP contribution >= 0.6 is 11.3 Å². The van der Waals surface area contributed by atoms with E-state index in [1.54, 1.807) is 0 Å². The van der Waals surface area contributed by atoms with E-state index in [9.17, 15) is 0 Å². The number of benzene rings is 1. The predicted molar refractivity (Wildman–Crippen MR) is 91.3 cm³/mol. The van der Waals surface area contributed by atoms with Crippen LogP contribution in [0.15, 0.2) is 48.1 Å². The van der Waals surface area contributed by atoms with E-state index in [0.717, 1.165) is 38.7 Å². The molecule has 5 heteroatoms. The molecule has 1 saturated heterocycles. The zero-order valence-corrected chi connectivity index (χ0v) is 13.2. The van der Waals surface area contributed by atoms with Crippen molar-refractivity contribution in [1.82, 2.24) is 14.9 Å². The Morgan fingerprint density at radius 2 is 1.73 bits per heavy atom. The van der Waals surface area contributed by atoms with E-state index in [1.165, 1.54) is 15.6 Å². The molecule has 2 aromatic heterocycles. The Labute approximate surface area is 134 Å². The number of aromatic nitrogens is 2. The number of hydrogen-bond acceptors (Lipinski definition) is 5. The molecule has 0 bridgehead atoms. The fourth-order valence-corrected chi connectivity index (χ4v) is 3.91. The summed E-state index contributed by atoms with van der Waals surface area (Å²) in [6.45, 7) is 5.14. The number of piperazine rings is 1. The summed E-state index contributed by atoms with van der Waals surface area (Å²) in [5.41, 5.74) is 1.45. The highest BCUT2D eigenvalue weighted by molar-refractivity contribution is 7.17. The van der Waals surface area contributed by atoms with Gasteiger partial charge in [-0.2, -0.15) is 0 Å². The Kier molecular flexibility index (Phi) is 3.74. The Morgan fingerprint density at radius 3 is 2.55 bits per heavy atom. The van der Waals surface area contributed by atoms with E-state index in [-0.39, 0.29) is 0 Å². The van der Waals surface area contributed by atoms with Crippen LogP contribution in [0, 0.1) is 0 Å². The van der Waals surface area contributed by atoms with E-state index in [1.807, 2.05) is 29.8 Å². The number of anilines is 1. The molecular formula is C17H18N4S. The molecule has 0 radical (unpaired) electrons. The molecule has 0 amide bonds. The minimum atomic E-state index is 0.850. The number of nitrogens with zero attached hydrogens (tertiary/aromatic N) is 4.